The first-order chi connectivity index (χ1) is 32.7. The van der Waals surface area contributed by atoms with Crippen LogP contribution in [0.5, 0.6) is 11.8 Å². The van der Waals surface area contributed by atoms with Crippen molar-refractivity contribution in [3.63, 3.8) is 0 Å². The Kier molecular flexibility index (Phi) is 13.8. The van der Waals surface area contributed by atoms with Crippen LogP contribution in [0.15, 0.2) is 66.7 Å². The number of aryl methyl sites for hydroxylation is 1. The van der Waals surface area contributed by atoms with Gasteiger partial charge in [-0.25, -0.2) is 14.4 Å². The Morgan fingerprint density at radius 1 is 0.957 bits per heavy atom. The number of esters is 4. The molecule has 1 aromatic heterocycles. The van der Waals surface area contributed by atoms with E-state index in [2.05, 4.69) is 5.32 Å². The number of aliphatic hydroxyl groups excluding tert-OH is 1. The quantitative estimate of drug-likeness (QED) is 0.0945. The predicted molar refractivity (Wildman–Crippen MR) is 244 cm³/mol. The summed E-state index contributed by atoms with van der Waals surface area (Å²) in [5, 5.41) is 49.3. The van der Waals surface area contributed by atoms with Crippen molar-refractivity contribution in [2.45, 2.75) is 141 Å². The van der Waals surface area contributed by atoms with Crippen LogP contribution in [0.25, 0.3) is 0 Å². The molecule has 4 aliphatic rings. The predicted octanol–water partition coefficient (Wildman–Crippen LogP) is 4.57. The van der Waals surface area contributed by atoms with Gasteiger partial charge in [0.15, 0.2) is 17.4 Å². The number of alkyl carbamates (subject to hydrolysis) is 1. The van der Waals surface area contributed by atoms with Gasteiger partial charge in [-0.1, -0.05) is 69.3 Å². The topological polar surface area (TPSA) is 273 Å². The maximum absolute atomic E-state index is 15.2. The largest absolute Gasteiger partial charge is 0.494 e. The summed E-state index contributed by atoms with van der Waals surface area (Å²) in [4.78, 5) is 100. The van der Waals surface area contributed by atoms with Gasteiger partial charge >= 0.3 is 30.0 Å². The number of carbonyl (C=O) groups is 7. The zero-order chi connectivity index (χ0) is 51.5. The van der Waals surface area contributed by atoms with Crippen LogP contribution in [0.2, 0.25) is 0 Å². The number of fused-ring (bicyclic) bond motifs is 5. The minimum absolute atomic E-state index is 0.0320. The Balaban J connectivity index is 1.34. The van der Waals surface area contributed by atoms with Gasteiger partial charge in [0, 0.05) is 55.2 Å². The van der Waals surface area contributed by atoms with E-state index >= 15 is 14.4 Å². The van der Waals surface area contributed by atoms with E-state index < -0.39 is 136 Å². The third-order valence-electron chi connectivity index (χ3n) is 14.9. The number of rotatable bonds is 12. The molecule has 2 unspecified atom stereocenters. The molecule has 70 heavy (non-hydrogen) atoms. The van der Waals surface area contributed by atoms with E-state index in [-0.39, 0.29) is 42.5 Å². The van der Waals surface area contributed by atoms with Crippen molar-refractivity contribution in [2.24, 2.45) is 28.6 Å². The minimum Gasteiger partial charge on any atom is -0.494 e. The number of ether oxygens (including phenoxy) is 6. The number of nitrogens with one attached hydrogen (secondary N) is 1. The monoisotopic (exact) mass is 974 g/mol. The van der Waals surface area contributed by atoms with Crippen molar-refractivity contribution in [1.29, 1.82) is 0 Å². The molecule has 378 valence electrons. The Hall–Kier alpha value is -6.31. The lowest BCUT2D eigenvalue weighted by Gasteiger charge is -2.67. The molecular weight excluding hydrogens is 913 g/mol. The Labute approximate surface area is 404 Å². The molecule has 1 saturated heterocycles. The fourth-order valence-electron chi connectivity index (χ4n) is 11.3. The molecule has 1 amide bonds. The molecule has 2 heterocycles. The van der Waals surface area contributed by atoms with Crippen LogP contribution in [0.1, 0.15) is 102 Å². The van der Waals surface area contributed by atoms with Gasteiger partial charge in [0.05, 0.1) is 36.0 Å². The van der Waals surface area contributed by atoms with Gasteiger partial charge in [0.1, 0.15) is 35.6 Å². The van der Waals surface area contributed by atoms with E-state index in [9.17, 15) is 39.6 Å². The first-order valence-electron chi connectivity index (χ1n) is 23.3. The molecule has 3 saturated carbocycles. The molecule has 0 radical (unpaired) electrons. The number of carbonyl (C=O) groups excluding carboxylic acids is 7. The second-order valence-corrected chi connectivity index (χ2v) is 20.8. The summed E-state index contributed by atoms with van der Waals surface area (Å²) in [6.45, 7) is 12.7. The summed E-state index contributed by atoms with van der Waals surface area (Å²) < 4.78 is 37.0. The van der Waals surface area contributed by atoms with Crippen LogP contribution in [0, 0.1) is 35.5 Å². The number of hydrogen-bond donors (Lipinski definition) is 5. The number of aromatic hydroxyl groups is 2. The van der Waals surface area contributed by atoms with Gasteiger partial charge < -0.3 is 54.2 Å². The lowest BCUT2D eigenvalue weighted by molar-refractivity contribution is -0.350. The molecule has 2 aromatic carbocycles. The number of Topliss-reactive ketones (excluding diaryl/α,β-unsaturated/α-hetero) is 2. The number of ketones is 2. The lowest BCUT2D eigenvalue weighted by Crippen LogP contribution is -2.82. The van der Waals surface area contributed by atoms with Crippen molar-refractivity contribution in [3.8, 4) is 11.8 Å². The summed E-state index contributed by atoms with van der Waals surface area (Å²) in [5.41, 5.74) is -8.58. The Morgan fingerprint density at radius 2 is 1.59 bits per heavy atom. The summed E-state index contributed by atoms with van der Waals surface area (Å²) >= 11 is 0. The van der Waals surface area contributed by atoms with Crippen molar-refractivity contribution in [3.05, 3.63) is 83.4 Å². The highest BCUT2D eigenvalue weighted by atomic mass is 16.6. The van der Waals surface area contributed by atoms with Crippen LogP contribution >= 0.6 is 0 Å². The molecule has 19 heteroatoms. The van der Waals surface area contributed by atoms with E-state index in [1.165, 1.54) is 52.8 Å². The van der Waals surface area contributed by atoms with E-state index in [4.69, 9.17) is 28.4 Å². The van der Waals surface area contributed by atoms with Crippen molar-refractivity contribution in [2.75, 3.05) is 6.61 Å². The molecule has 5 N–H and O–H groups in total. The average molecular weight is 975 g/mol. The fourth-order valence-corrected chi connectivity index (χ4v) is 11.3. The zero-order valence-corrected chi connectivity index (χ0v) is 40.6. The van der Waals surface area contributed by atoms with Gasteiger partial charge in [-0.15, -0.1) is 0 Å². The second-order valence-electron chi connectivity index (χ2n) is 20.8. The summed E-state index contributed by atoms with van der Waals surface area (Å²) in [7, 11) is 0. The molecule has 4 fully saturated rings. The molecule has 1 aliphatic heterocycles. The highest BCUT2D eigenvalue weighted by Crippen LogP contribution is 2.64. The van der Waals surface area contributed by atoms with E-state index in [0.717, 1.165) is 11.5 Å². The van der Waals surface area contributed by atoms with Gasteiger partial charge in [-0.05, 0) is 52.3 Å². The molecular formula is C51H62N2O17. The lowest BCUT2D eigenvalue weighted by atomic mass is 9.42. The summed E-state index contributed by atoms with van der Waals surface area (Å²) in [5.74, 6) is -11.2. The van der Waals surface area contributed by atoms with Crippen LogP contribution in [0.3, 0.4) is 0 Å². The molecule has 3 aromatic rings. The number of aliphatic hydroxyl groups is 2. The van der Waals surface area contributed by atoms with Crippen molar-refractivity contribution >= 4 is 41.5 Å². The summed E-state index contributed by atoms with van der Waals surface area (Å²) in [6.07, 6.45) is -10.6. The third kappa shape index (κ3) is 9.02. The smallest absolute Gasteiger partial charge is 0.408 e. The normalized spacial score (nSPS) is 30.9. The second kappa shape index (κ2) is 18.8. The molecule has 0 spiro atoms. The van der Waals surface area contributed by atoms with Crippen LogP contribution < -0.4 is 5.32 Å². The van der Waals surface area contributed by atoms with E-state index in [1.54, 1.807) is 69.3 Å². The number of benzene rings is 2. The Morgan fingerprint density at radius 3 is 2.14 bits per heavy atom. The first-order valence-corrected chi connectivity index (χ1v) is 23.3. The maximum atomic E-state index is 15.2. The molecule has 12 atom stereocenters. The number of hydrogen-bond acceptors (Lipinski definition) is 17. The van der Waals surface area contributed by atoms with Crippen molar-refractivity contribution in [1.82, 2.24) is 9.88 Å². The maximum Gasteiger partial charge on any atom is 0.408 e. The van der Waals surface area contributed by atoms with Crippen LogP contribution in [0.4, 0.5) is 4.79 Å². The molecule has 7 rings (SSSR count). The van der Waals surface area contributed by atoms with Crippen LogP contribution in [-0.4, -0.2) is 120 Å². The van der Waals surface area contributed by atoms with Crippen LogP contribution in [-0.2, 0) is 58.9 Å². The van der Waals surface area contributed by atoms with Crippen molar-refractivity contribution < 1.29 is 82.4 Å². The standard InChI is InChI=1S/C51H62N2O17/c1-26-22-34(56)53(43(26)60)21-20-35(57)67-39(37(29-16-12-10-13-17-29)52-46(63)70-47(4,5)6)45(62)66-31-24-51(64)42(68-44(61)30-18-14-11-15-19-30)40-49(9,41(59)38(58)36(27(31)2)48(51,7)8)32(55)23-33-50(40,25-65-33)69-28(3)54/h10-19,22,27,31-33,36-37,39-40,42,55-56,60,64H,20-21,23-25H2,1-9H3,(H,52,63)/t27?,31-,32+,33+,36?,37+,39-,40-,42+,49-,50+,51-/m1/s1. The molecule has 3 aliphatic carbocycles. The average Bonchev–Trinajstić information content (AvgIpc) is 3.53. The Bertz CT molecular complexity index is 2540. The highest BCUT2D eigenvalue weighted by Gasteiger charge is 2.79. The zero-order valence-electron chi connectivity index (χ0n) is 40.6. The molecule has 19 nitrogen and oxygen atoms in total. The molecule has 2 bridgehead atoms. The SMILES string of the molecule is CC(=O)O[C@@]12CO[C@H]1C[C@H](O)[C@@]1(C)C(=O)C(=O)C3C(C)[C@H](OC(=O)[C@H](OC(=O)CCn4c(O)cc(C)c4O)[C@@H](NC(=O)OC(C)(C)C)c4ccccc4)C[C@@](O)([C@@H](OC(=O)c4ccccc4)[C@@H]21)C3(C)C. The fraction of sp³-hybridized carbons (Fsp3) is 0.549. The minimum atomic E-state index is -2.47. The summed E-state index contributed by atoms with van der Waals surface area (Å²) in [6, 6.07) is 15.5. The van der Waals surface area contributed by atoms with Gasteiger partial charge in [-0.2, -0.15) is 0 Å². The van der Waals surface area contributed by atoms with Gasteiger partial charge in [0.2, 0.25) is 17.7 Å². The van der Waals surface area contributed by atoms with Gasteiger partial charge in [-0.3, -0.25) is 23.7 Å². The highest BCUT2D eigenvalue weighted by molar-refractivity contribution is 6.40. The number of aromatic nitrogens is 1. The first kappa shape index (κ1) is 51.5. The van der Waals surface area contributed by atoms with Gasteiger partial charge in [0.25, 0.3) is 0 Å². The number of nitrogens with zero attached hydrogens (tertiary/aromatic N) is 1. The number of amides is 1. The third-order valence-corrected chi connectivity index (χ3v) is 14.9. The van der Waals surface area contributed by atoms with E-state index in [1.807, 2.05) is 0 Å². The van der Waals surface area contributed by atoms with E-state index in [0.29, 0.717) is 5.56 Å².